The third kappa shape index (κ3) is 3.03. The van der Waals surface area contributed by atoms with Crippen molar-refractivity contribution in [3.8, 4) is 0 Å². The van der Waals surface area contributed by atoms with E-state index in [9.17, 15) is 4.39 Å². The molecule has 1 unspecified atom stereocenters. The van der Waals surface area contributed by atoms with E-state index in [1.165, 1.54) is 59.7 Å². The van der Waals surface area contributed by atoms with Gasteiger partial charge in [-0.2, -0.15) is 0 Å². The maximum atomic E-state index is 13.4. The van der Waals surface area contributed by atoms with Crippen LogP contribution in [0.4, 0.5) is 10.1 Å². The van der Waals surface area contributed by atoms with Gasteiger partial charge in [-0.25, -0.2) is 4.39 Å². The van der Waals surface area contributed by atoms with Crippen LogP contribution >= 0.6 is 0 Å². The van der Waals surface area contributed by atoms with Crippen LogP contribution in [0.3, 0.4) is 0 Å². The van der Waals surface area contributed by atoms with Crippen LogP contribution in [-0.4, -0.2) is 0 Å². The van der Waals surface area contributed by atoms with Crippen LogP contribution in [0.15, 0.2) is 66.7 Å². The lowest BCUT2D eigenvalue weighted by Crippen LogP contribution is -2.19. The molecule has 3 aromatic carbocycles. The summed E-state index contributed by atoms with van der Waals surface area (Å²) in [5.41, 5.74) is 5.17. The highest BCUT2D eigenvalue weighted by Crippen LogP contribution is 2.46. The van der Waals surface area contributed by atoms with Crippen molar-refractivity contribution in [3.63, 3.8) is 0 Å². The molecule has 1 nitrogen and oxygen atoms in total. The zero-order valence-electron chi connectivity index (χ0n) is 15.4. The standard InChI is InChI=1S/C25H24FN/c26-20-13-10-19(11-14-20)24-16-22(17-6-2-1-3-7-17)25-21-9-5-4-8-18(21)12-15-23(25)27-24/h4-5,8-17,24,27H,1-3,6-7H2. The molecule has 0 spiro atoms. The van der Waals surface area contributed by atoms with Crippen molar-refractivity contribution in [3.05, 3.63) is 83.7 Å². The molecule has 1 aliphatic carbocycles. The molecule has 1 saturated carbocycles. The second-order valence-electron chi connectivity index (χ2n) is 7.84. The third-order valence-electron chi connectivity index (χ3n) is 6.15. The van der Waals surface area contributed by atoms with E-state index >= 15 is 0 Å². The molecule has 3 aromatic rings. The first-order chi connectivity index (χ1) is 13.3. The molecular weight excluding hydrogens is 333 g/mol. The Hall–Kier alpha value is -2.61. The number of nitrogens with one attached hydrogen (secondary N) is 1. The molecule has 136 valence electrons. The van der Waals surface area contributed by atoms with Crippen molar-refractivity contribution in [2.45, 2.75) is 38.1 Å². The molecule has 0 amide bonds. The minimum atomic E-state index is -0.183. The highest BCUT2D eigenvalue weighted by atomic mass is 19.1. The van der Waals surface area contributed by atoms with Crippen LogP contribution in [0, 0.1) is 11.7 Å². The fraction of sp³-hybridized carbons (Fsp3) is 0.280. The van der Waals surface area contributed by atoms with E-state index in [0.717, 1.165) is 5.56 Å². The Morgan fingerprint density at radius 1 is 0.815 bits per heavy atom. The number of fused-ring (bicyclic) bond motifs is 3. The molecule has 0 bridgehead atoms. The molecule has 1 heterocycles. The summed E-state index contributed by atoms with van der Waals surface area (Å²) >= 11 is 0. The minimum Gasteiger partial charge on any atom is -0.374 e. The first-order valence-electron chi connectivity index (χ1n) is 10.1. The van der Waals surface area contributed by atoms with Crippen molar-refractivity contribution in [1.82, 2.24) is 0 Å². The lowest BCUT2D eigenvalue weighted by molar-refractivity contribution is 0.428. The number of hydrogen-bond acceptors (Lipinski definition) is 1. The van der Waals surface area contributed by atoms with Crippen LogP contribution in [0.25, 0.3) is 16.3 Å². The number of halogens is 1. The Balaban J connectivity index is 1.66. The van der Waals surface area contributed by atoms with Gasteiger partial charge in [0.15, 0.2) is 0 Å². The zero-order valence-corrected chi connectivity index (χ0v) is 15.4. The molecule has 0 radical (unpaired) electrons. The molecular formula is C25H24FN. The Morgan fingerprint density at radius 2 is 1.59 bits per heavy atom. The predicted octanol–water partition coefficient (Wildman–Crippen LogP) is 7.11. The monoisotopic (exact) mass is 357 g/mol. The maximum absolute atomic E-state index is 13.4. The summed E-state index contributed by atoms with van der Waals surface area (Å²) in [6, 6.07) is 20.1. The quantitative estimate of drug-likeness (QED) is 0.515. The van der Waals surface area contributed by atoms with E-state index in [0.29, 0.717) is 5.92 Å². The van der Waals surface area contributed by atoms with Gasteiger partial charge in [-0.3, -0.25) is 0 Å². The summed E-state index contributed by atoms with van der Waals surface area (Å²) in [5.74, 6) is 0.436. The van der Waals surface area contributed by atoms with Crippen molar-refractivity contribution >= 4 is 22.0 Å². The van der Waals surface area contributed by atoms with Gasteiger partial charge in [-0.1, -0.05) is 67.8 Å². The average molecular weight is 357 g/mol. The van der Waals surface area contributed by atoms with E-state index < -0.39 is 0 Å². The summed E-state index contributed by atoms with van der Waals surface area (Å²) in [7, 11) is 0. The van der Waals surface area contributed by atoms with E-state index in [-0.39, 0.29) is 11.9 Å². The van der Waals surface area contributed by atoms with Crippen LogP contribution in [-0.2, 0) is 0 Å². The van der Waals surface area contributed by atoms with Gasteiger partial charge in [0.2, 0.25) is 0 Å². The predicted molar refractivity (Wildman–Crippen MR) is 111 cm³/mol. The van der Waals surface area contributed by atoms with Gasteiger partial charge in [-0.05, 0) is 58.9 Å². The number of hydrogen-bond donors (Lipinski definition) is 1. The van der Waals surface area contributed by atoms with E-state index in [4.69, 9.17) is 0 Å². The first kappa shape index (κ1) is 16.6. The molecule has 1 fully saturated rings. The normalized spacial score (nSPS) is 20.0. The molecule has 1 aliphatic heterocycles. The minimum absolute atomic E-state index is 0.0937. The Labute approximate surface area is 159 Å². The molecule has 27 heavy (non-hydrogen) atoms. The third-order valence-corrected chi connectivity index (χ3v) is 6.15. The topological polar surface area (TPSA) is 12.0 Å². The largest absolute Gasteiger partial charge is 0.374 e. The molecule has 1 N–H and O–H groups in total. The lowest BCUT2D eigenvalue weighted by Gasteiger charge is -2.33. The van der Waals surface area contributed by atoms with E-state index in [1.54, 1.807) is 12.1 Å². The number of anilines is 1. The summed E-state index contributed by atoms with van der Waals surface area (Å²) in [5, 5.41) is 6.32. The van der Waals surface area contributed by atoms with Crippen molar-refractivity contribution < 1.29 is 4.39 Å². The van der Waals surface area contributed by atoms with Crippen LogP contribution in [0.1, 0.15) is 49.3 Å². The SMILES string of the molecule is Fc1ccc(C2C=C(C3CCCCC3)c3c(ccc4ccccc34)N2)cc1. The average Bonchev–Trinajstić information content (AvgIpc) is 2.74. The number of allylic oxidation sites excluding steroid dienone is 1. The second kappa shape index (κ2) is 6.84. The Kier molecular flexibility index (Phi) is 4.20. The lowest BCUT2D eigenvalue weighted by atomic mass is 9.77. The highest BCUT2D eigenvalue weighted by Gasteiger charge is 2.28. The number of benzene rings is 3. The fourth-order valence-electron chi connectivity index (χ4n) is 4.78. The summed E-state index contributed by atoms with van der Waals surface area (Å²) in [6.07, 6.45) is 8.92. The van der Waals surface area contributed by atoms with Gasteiger partial charge >= 0.3 is 0 Å². The van der Waals surface area contributed by atoms with Gasteiger partial charge < -0.3 is 5.32 Å². The van der Waals surface area contributed by atoms with Gasteiger partial charge in [0.25, 0.3) is 0 Å². The maximum Gasteiger partial charge on any atom is 0.123 e. The second-order valence-corrected chi connectivity index (χ2v) is 7.84. The summed E-state index contributed by atoms with van der Waals surface area (Å²) in [4.78, 5) is 0. The van der Waals surface area contributed by atoms with Crippen LogP contribution < -0.4 is 5.32 Å². The van der Waals surface area contributed by atoms with Gasteiger partial charge in [0.05, 0.1) is 6.04 Å². The van der Waals surface area contributed by atoms with Crippen molar-refractivity contribution in [2.75, 3.05) is 5.32 Å². The number of rotatable bonds is 2. The van der Waals surface area contributed by atoms with Crippen molar-refractivity contribution in [1.29, 1.82) is 0 Å². The highest BCUT2D eigenvalue weighted by molar-refractivity contribution is 6.01. The van der Waals surface area contributed by atoms with Gasteiger partial charge in [0, 0.05) is 11.3 Å². The molecule has 0 saturated heterocycles. The molecule has 2 heteroatoms. The first-order valence-corrected chi connectivity index (χ1v) is 10.1. The smallest absolute Gasteiger partial charge is 0.123 e. The van der Waals surface area contributed by atoms with Gasteiger partial charge in [0.1, 0.15) is 5.82 Å². The Morgan fingerprint density at radius 3 is 2.41 bits per heavy atom. The van der Waals surface area contributed by atoms with Crippen molar-refractivity contribution in [2.24, 2.45) is 5.92 Å². The molecule has 2 aliphatic rings. The molecule has 1 atom stereocenters. The molecule has 0 aromatic heterocycles. The van der Waals surface area contributed by atoms with Gasteiger partial charge in [-0.15, -0.1) is 0 Å². The van der Waals surface area contributed by atoms with Crippen LogP contribution in [0.2, 0.25) is 0 Å². The van der Waals surface area contributed by atoms with Crippen LogP contribution in [0.5, 0.6) is 0 Å². The van der Waals surface area contributed by atoms with E-state index in [2.05, 4.69) is 47.8 Å². The van der Waals surface area contributed by atoms with E-state index in [1.807, 2.05) is 12.1 Å². The molecule has 5 rings (SSSR count). The zero-order chi connectivity index (χ0) is 18.2. The Bertz CT molecular complexity index is 997. The summed E-state index contributed by atoms with van der Waals surface area (Å²) < 4.78 is 13.4. The fourth-order valence-corrected chi connectivity index (χ4v) is 4.78. The summed E-state index contributed by atoms with van der Waals surface area (Å²) in [6.45, 7) is 0.